The van der Waals surface area contributed by atoms with Crippen molar-refractivity contribution in [1.82, 2.24) is 10.2 Å². The lowest BCUT2D eigenvalue weighted by molar-refractivity contribution is -0.334. The monoisotopic (exact) mass is 474 g/mol. The van der Waals surface area contributed by atoms with Crippen molar-refractivity contribution in [1.29, 1.82) is 0 Å². The number of aliphatic hydroxyl groups is 1. The molecule has 2 aliphatic heterocycles. The highest BCUT2D eigenvalue weighted by Gasteiger charge is 2.48. The van der Waals surface area contributed by atoms with Gasteiger partial charge in [-0.3, -0.25) is 9.59 Å². The molecule has 1 fully saturated rings. The smallest absolute Gasteiger partial charge is 0.252 e. The Morgan fingerprint density at radius 2 is 1.91 bits per heavy atom. The fraction of sp³-hybridized carbons (Fsp3) is 0.615. The summed E-state index contributed by atoms with van der Waals surface area (Å²) in [5.41, 5.74) is 1.95. The number of benzene rings is 1. The zero-order chi connectivity index (χ0) is 25.3. The lowest BCUT2D eigenvalue weighted by atomic mass is 9.93. The minimum Gasteiger partial charge on any atom is -0.387 e. The predicted molar refractivity (Wildman–Crippen MR) is 128 cm³/mol. The molecule has 8 heteroatoms. The third-order valence-electron chi connectivity index (χ3n) is 6.05. The summed E-state index contributed by atoms with van der Waals surface area (Å²) >= 11 is 0. The number of likely N-dealkylation sites (N-methyl/N-ethyl adjacent to an activating group) is 1. The fourth-order valence-corrected chi connectivity index (χ4v) is 4.36. The van der Waals surface area contributed by atoms with Crippen LogP contribution < -0.4 is 5.32 Å². The van der Waals surface area contributed by atoms with E-state index in [1.807, 2.05) is 51.1 Å². The SMILES string of the molecule is CO[C@@H](C(=O)NC1Cc2ccccc2CN(C)C1=O)[C@@H]1OC(C)(C)O[C@H](C=CC(C)(C)C)[C@H]1O. The van der Waals surface area contributed by atoms with E-state index >= 15 is 0 Å². The number of carbonyl (C=O) groups is 2. The number of aliphatic hydroxyl groups excluding tert-OH is 1. The molecule has 5 atom stereocenters. The Balaban J connectivity index is 1.81. The minimum atomic E-state index is -1.14. The van der Waals surface area contributed by atoms with Crippen LogP contribution in [0, 0.1) is 5.41 Å². The van der Waals surface area contributed by atoms with E-state index in [4.69, 9.17) is 14.2 Å². The van der Waals surface area contributed by atoms with Gasteiger partial charge in [0, 0.05) is 27.1 Å². The van der Waals surface area contributed by atoms with Crippen molar-refractivity contribution in [3.8, 4) is 0 Å². The Morgan fingerprint density at radius 1 is 1.26 bits per heavy atom. The molecule has 2 N–H and O–H groups in total. The number of ether oxygens (including phenoxy) is 3. The molecule has 2 heterocycles. The maximum absolute atomic E-state index is 13.3. The second-order valence-electron chi connectivity index (χ2n) is 10.7. The molecular formula is C26H38N2O6. The van der Waals surface area contributed by atoms with Crippen LogP contribution in [0.25, 0.3) is 0 Å². The van der Waals surface area contributed by atoms with Crippen molar-refractivity contribution in [3.63, 3.8) is 0 Å². The fourth-order valence-electron chi connectivity index (χ4n) is 4.36. The quantitative estimate of drug-likeness (QED) is 0.635. The maximum atomic E-state index is 13.3. The second-order valence-corrected chi connectivity index (χ2v) is 10.7. The van der Waals surface area contributed by atoms with E-state index in [-0.39, 0.29) is 11.3 Å². The summed E-state index contributed by atoms with van der Waals surface area (Å²) in [6.07, 6.45) is 0.175. The minimum absolute atomic E-state index is 0.110. The zero-order valence-electron chi connectivity index (χ0n) is 21.2. The number of allylic oxidation sites excluding steroid dienone is 1. The summed E-state index contributed by atoms with van der Waals surface area (Å²) in [4.78, 5) is 27.9. The van der Waals surface area contributed by atoms with Crippen LogP contribution in [0.3, 0.4) is 0 Å². The van der Waals surface area contributed by atoms with E-state index in [0.717, 1.165) is 11.1 Å². The zero-order valence-corrected chi connectivity index (χ0v) is 21.2. The number of nitrogens with one attached hydrogen (secondary N) is 1. The molecule has 2 amide bonds. The van der Waals surface area contributed by atoms with Gasteiger partial charge >= 0.3 is 0 Å². The van der Waals surface area contributed by atoms with Gasteiger partial charge in [0.25, 0.3) is 5.91 Å². The van der Waals surface area contributed by atoms with E-state index in [9.17, 15) is 14.7 Å². The van der Waals surface area contributed by atoms with Gasteiger partial charge in [0.2, 0.25) is 5.91 Å². The number of amides is 2. The van der Waals surface area contributed by atoms with Crippen LogP contribution >= 0.6 is 0 Å². The summed E-state index contributed by atoms with van der Waals surface area (Å²) in [7, 11) is 3.11. The molecule has 0 spiro atoms. The Kier molecular flexibility index (Phi) is 7.87. The van der Waals surface area contributed by atoms with Crippen molar-refractivity contribution in [2.75, 3.05) is 14.2 Å². The van der Waals surface area contributed by atoms with E-state index in [2.05, 4.69) is 5.32 Å². The molecule has 1 aromatic carbocycles. The molecule has 0 aliphatic carbocycles. The molecule has 1 saturated heterocycles. The van der Waals surface area contributed by atoms with Gasteiger partial charge in [-0.1, -0.05) is 57.2 Å². The molecular weight excluding hydrogens is 436 g/mol. The standard InChI is InChI=1S/C26H38N2O6/c1-25(2,3)13-12-19-20(29)21(34-26(4,5)33-19)22(32-7)23(30)27-18-14-16-10-8-9-11-17(16)15-28(6)24(18)31/h8-13,18-22,29H,14-15H2,1-7H3,(H,27,30)/t18?,19-,20-,21-,22-/m1/s1. The molecule has 0 aromatic heterocycles. The molecule has 0 bridgehead atoms. The van der Waals surface area contributed by atoms with Crippen LogP contribution in [0.2, 0.25) is 0 Å². The molecule has 1 aromatic rings. The van der Waals surface area contributed by atoms with Crippen LogP contribution in [-0.4, -0.2) is 72.2 Å². The van der Waals surface area contributed by atoms with Gasteiger partial charge in [0.1, 0.15) is 24.4 Å². The third kappa shape index (κ3) is 6.24. The number of nitrogens with zero attached hydrogens (tertiary/aromatic N) is 1. The summed E-state index contributed by atoms with van der Waals surface area (Å²) in [5, 5.41) is 13.9. The first-order valence-corrected chi connectivity index (χ1v) is 11.7. The molecule has 0 saturated carbocycles. The van der Waals surface area contributed by atoms with Crippen molar-refractivity contribution in [3.05, 3.63) is 47.5 Å². The number of methoxy groups -OCH3 is 1. The number of carbonyl (C=O) groups excluding carboxylic acids is 2. The first kappa shape index (κ1) is 26.3. The average Bonchev–Trinajstić information content (AvgIpc) is 2.85. The normalized spacial score (nSPS) is 28.4. The Morgan fingerprint density at radius 3 is 2.53 bits per heavy atom. The average molecular weight is 475 g/mol. The van der Waals surface area contributed by atoms with E-state index in [1.165, 1.54) is 7.11 Å². The molecule has 0 radical (unpaired) electrons. The van der Waals surface area contributed by atoms with Crippen molar-refractivity contribution in [2.45, 2.75) is 83.8 Å². The van der Waals surface area contributed by atoms with Crippen molar-refractivity contribution in [2.24, 2.45) is 5.41 Å². The Hall–Kier alpha value is -2.26. The number of hydrogen-bond donors (Lipinski definition) is 2. The topological polar surface area (TPSA) is 97.3 Å². The molecule has 34 heavy (non-hydrogen) atoms. The van der Waals surface area contributed by atoms with Crippen LogP contribution in [0.15, 0.2) is 36.4 Å². The van der Waals surface area contributed by atoms with E-state index in [0.29, 0.717) is 13.0 Å². The van der Waals surface area contributed by atoms with Gasteiger partial charge in [-0.15, -0.1) is 0 Å². The second kappa shape index (κ2) is 10.2. The summed E-state index contributed by atoms with van der Waals surface area (Å²) < 4.78 is 17.4. The lowest BCUT2D eigenvalue weighted by Crippen LogP contribution is -2.62. The Bertz CT molecular complexity index is 922. The van der Waals surface area contributed by atoms with Gasteiger partial charge < -0.3 is 29.5 Å². The first-order valence-electron chi connectivity index (χ1n) is 11.7. The van der Waals surface area contributed by atoms with Gasteiger partial charge in [-0.2, -0.15) is 0 Å². The summed E-state index contributed by atoms with van der Waals surface area (Å²) in [5.74, 6) is -1.75. The van der Waals surface area contributed by atoms with Gasteiger partial charge in [0.15, 0.2) is 11.9 Å². The third-order valence-corrected chi connectivity index (χ3v) is 6.05. The number of hydrogen-bond acceptors (Lipinski definition) is 6. The van der Waals surface area contributed by atoms with E-state index < -0.39 is 42.2 Å². The highest BCUT2D eigenvalue weighted by atomic mass is 16.7. The molecule has 188 valence electrons. The molecule has 8 nitrogen and oxygen atoms in total. The van der Waals surface area contributed by atoms with Crippen molar-refractivity contribution < 1.29 is 28.9 Å². The first-order chi connectivity index (χ1) is 15.8. The van der Waals surface area contributed by atoms with Crippen molar-refractivity contribution >= 4 is 11.8 Å². The van der Waals surface area contributed by atoms with E-state index in [1.54, 1.807) is 31.9 Å². The molecule has 2 aliphatic rings. The Labute approximate surface area is 202 Å². The van der Waals surface area contributed by atoms with Gasteiger partial charge in [-0.05, 0) is 30.4 Å². The molecule has 3 rings (SSSR count). The van der Waals surface area contributed by atoms with Crippen LogP contribution in [0.1, 0.15) is 45.7 Å². The van der Waals surface area contributed by atoms with Crippen LogP contribution in [0.5, 0.6) is 0 Å². The predicted octanol–water partition coefficient (Wildman–Crippen LogP) is 2.18. The largest absolute Gasteiger partial charge is 0.387 e. The van der Waals surface area contributed by atoms with Crippen LogP contribution in [-0.2, 0) is 36.8 Å². The van der Waals surface area contributed by atoms with Gasteiger partial charge in [-0.25, -0.2) is 0 Å². The highest BCUT2D eigenvalue weighted by molar-refractivity contribution is 5.90. The number of rotatable bonds is 5. The lowest BCUT2D eigenvalue weighted by Gasteiger charge is -2.45. The molecule has 1 unspecified atom stereocenters. The number of fused-ring (bicyclic) bond motifs is 1. The summed E-state index contributed by atoms with van der Waals surface area (Å²) in [6, 6.07) is 7.06. The summed E-state index contributed by atoms with van der Waals surface area (Å²) in [6.45, 7) is 10.1. The van der Waals surface area contributed by atoms with Crippen LogP contribution in [0.4, 0.5) is 0 Å². The maximum Gasteiger partial charge on any atom is 0.252 e. The van der Waals surface area contributed by atoms with Gasteiger partial charge in [0.05, 0.1) is 0 Å². The highest BCUT2D eigenvalue weighted by Crippen LogP contribution is 2.31.